The average molecular weight is 266 g/mol. The van der Waals surface area contributed by atoms with Crippen LogP contribution in [-0.2, 0) is 6.54 Å². The van der Waals surface area contributed by atoms with Gasteiger partial charge in [-0.3, -0.25) is 0 Å². The summed E-state index contributed by atoms with van der Waals surface area (Å²) in [6, 6.07) is 1.86. The van der Waals surface area contributed by atoms with Gasteiger partial charge in [0.1, 0.15) is 5.82 Å². The lowest BCUT2D eigenvalue weighted by Crippen LogP contribution is -2.23. The molecule has 0 amide bonds. The third kappa shape index (κ3) is 4.46. The summed E-state index contributed by atoms with van der Waals surface area (Å²) in [7, 11) is 0. The molecule has 0 unspecified atom stereocenters. The van der Waals surface area contributed by atoms with Crippen LogP contribution in [0.3, 0.4) is 0 Å². The third-order valence-electron chi connectivity index (χ3n) is 3.52. The van der Waals surface area contributed by atoms with Crippen LogP contribution in [0.4, 0.5) is 4.39 Å². The van der Waals surface area contributed by atoms with E-state index in [0.717, 1.165) is 5.56 Å². The summed E-state index contributed by atoms with van der Waals surface area (Å²) in [5.41, 5.74) is 0.798. The molecule has 1 saturated carbocycles. The van der Waals surface area contributed by atoms with Crippen LogP contribution in [0, 0.1) is 11.7 Å². The summed E-state index contributed by atoms with van der Waals surface area (Å²) in [5, 5.41) is 3.27. The van der Waals surface area contributed by atoms with Crippen molar-refractivity contribution in [2.24, 2.45) is 5.92 Å². The zero-order valence-electron chi connectivity index (χ0n) is 11.8. The molecule has 4 heteroatoms. The second kappa shape index (κ2) is 6.85. The van der Waals surface area contributed by atoms with Crippen LogP contribution < -0.4 is 10.1 Å². The van der Waals surface area contributed by atoms with Crippen LogP contribution in [0.5, 0.6) is 5.88 Å². The van der Waals surface area contributed by atoms with Gasteiger partial charge in [0.25, 0.3) is 0 Å². The highest BCUT2D eigenvalue weighted by Gasteiger charge is 2.17. The molecular formula is C15H23FN2O. The Balaban J connectivity index is 1.96. The van der Waals surface area contributed by atoms with E-state index in [9.17, 15) is 4.39 Å². The van der Waals surface area contributed by atoms with Crippen molar-refractivity contribution in [1.82, 2.24) is 10.3 Å². The van der Waals surface area contributed by atoms with Crippen molar-refractivity contribution < 1.29 is 9.13 Å². The van der Waals surface area contributed by atoms with Crippen LogP contribution in [0.15, 0.2) is 12.3 Å². The summed E-state index contributed by atoms with van der Waals surface area (Å²) in [5.74, 6) is 0.896. The highest BCUT2D eigenvalue weighted by atomic mass is 19.1. The van der Waals surface area contributed by atoms with Crippen molar-refractivity contribution in [3.63, 3.8) is 0 Å². The highest BCUT2D eigenvalue weighted by molar-refractivity contribution is 5.26. The van der Waals surface area contributed by atoms with Gasteiger partial charge in [-0.05, 0) is 24.8 Å². The molecular weight excluding hydrogens is 243 g/mol. The number of hydrogen-bond donors (Lipinski definition) is 1. The molecule has 0 radical (unpaired) electrons. The van der Waals surface area contributed by atoms with Crippen LogP contribution in [-0.4, -0.2) is 17.6 Å². The van der Waals surface area contributed by atoms with Gasteiger partial charge in [0, 0.05) is 18.2 Å². The fraction of sp³-hybridized carbons (Fsp3) is 0.667. The summed E-state index contributed by atoms with van der Waals surface area (Å²) >= 11 is 0. The minimum Gasteiger partial charge on any atom is -0.477 e. The number of halogens is 1. The molecule has 1 heterocycles. The van der Waals surface area contributed by atoms with Crippen molar-refractivity contribution in [3.05, 3.63) is 23.6 Å². The molecule has 0 aliphatic heterocycles. The van der Waals surface area contributed by atoms with Gasteiger partial charge in [0.2, 0.25) is 5.88 Å². The Morgan fingerprint density at radius 1 is 1.42 bits per heavy atom. The molecule has 1 aromatic rings. The zero-order valence-corrected chi connectivity index (χ0v) is 11.8. The van der Waals surface area contributed by atoms with E-state index in [1.54, 1.807) is 0 Å². The van der Waals surface area contributed by atoms with Crippen LogP contribution in [0.2, 0.25) is 0 Å². The van der Waals surface area contributed by atoms with Gasteiger partial charge in [-0.2, -0.15) is 0 Å². The highest BCUT2D eigenvalue weighted by Crippen LogP contribution is 2.26. The number of pyridine rings is 1. The van der Waals surface area contributed by atoms with Gasteiger partial charge in [0.15, 0.2) is 0 Å². The van der Waals surface area contributed by atoms with E-state index in [2.05, 4.69) is 24.1 Å². The van der Waals surface area contributed by atoms with E-state index < -0.39 is 0 Å². The molecule has 0 spiro atoms. The minimum atomic E-state index is -0.311. The third-order valence-corrected chi connectivity index (χ3v) is 3.52. The van der Waals surface area contributed by atoms with Crippen molar-refractivity contribution in [2.45, 2.75) is 52.1 Å². The van der Waals surface area contributed by atoms with E-state index in [1.807, 2.05) is 0 Å². The number of nitrogens with zero attached hydrogens (tertiary/aromatic N) is 1. The lowest BCUT2D eigenvalue weighted by molar-refractivity contribution is 0.240. The Labute approximate surface area is 114 Å². The molecule has 19 heavy (non-hydrogen) atoms. The number of rotatable bonds is 6. The van der Waals surface area contributed by atoms with Crippen molar-refractivity contribution in [3.8, 4) is 5.88 Å². The van der Waals surface area contributed by atoms with Gasteiger partial charge in [-0.15, -0.1) is 0 Å². The largest absolute Gasteiger partial charge is 0.477 e. The van der Waals surface area contributed by atoms with Gasteiger partial charge in [-0.1, -0.05) is 26.7 Å². The summed E-state index contributed by atoms with van der Waals surface area (Å²) in [6.07, 6.45) is 6.30. The zero-order chi connectivity index (χ0) is 13.7. The SMILES string of the molecule is CC(C)NCc1cc(F)cnc1OCC1CCCC1. The van der Waals surface area contributed by atoms with Gasteiger partial charge < -0.3 is 10.1 Å². The molecule has 0 saturated heterocycles. The van der Waals surface area contributed by atoms with E-state index in [-0.39, 0.29) is 5.82 Å². The monoisotopic (exact) mass is 266 g/mol. The minimum absolute atomic E-state index is 0.311. The molecule has 1 aliphatic rings. The van der Waals surface area contributed by atoms with Crippen LogP contribution >= 0.6 is 0 Å². The van der Waals surface area contributed by atoms with Crippen LogP contribution in [0.25, 0.3) is 0 Å². The van der Waals surface area contributed by atoms with E-state index >= 15 is 0 Å². The lowest BCUT2D eigenvalue weighted by atomic mass is 10.1. The van der Waals surface area contributed by atoms with Gasteiger partial charge in [0.05, 0.1) is 12.8 Å². The lowest BCUT2D eigenvalue weighted by Gasteiger charge is -2.15. The second-order valence-corrected chi connectivity index (χ2v) is 5.61. The maximum Gasteiger partial charge on any atom is 0.218 e. The number of nitrogens with one attached hydrogen (secondary N) is 1. The second-order valence-electron chi connectivity index (χ2n) is 5.61. The van der Waals surface area contributed by atoms with Gasteiger partial charge >= 0.3 is 0 Å². The molecule has 1 aliphatic carbocycles. The molecule has 106 valence electrons. The normalized spacial score (nSPS) is 16.2. The standard InChI is InChI=1S/C15H23FN2O/c1-11(2)17-8-13-7-14(16)9-18-15(13)19-10-12-5-3-4-6-12/h7,9,11-12,17H,3-6,8,10H2,1-2H3. The van der Waals surface area contributed by atoms with Gasteiger partial charge in [-0.25, -0.2) is 9.37 Å². The molecule has 0 bridgehead atoms. The maximum atomic E-state index is 13.3. The summed E-state index contributed by atoms with van der Waals surface area (Å²) in [6.45, 7) is 5.41. The maximum absolute atomic E-state index is 13.3. The molecule has 1 aromatic heterocycles. The smallest absolute Gasteiger partial charge is 0.218 e. The quantitative estimate of drug-likeness (QED) is 0.858. The van der Waals surface area contributed by atoms with Crippen LogP contribution in [0.1, 0.15) is 45.1 Å². The molecule has 0 aromatic carbocycles. The Morgan fingerprint density at radius 2 is 2.16 bits per heavy atom. The Bertz CT molecular complexity index is 403. The topological polar surface area (TPSA) is 34.2 Å². The predicted octanol–water partition coefficient (Wildman–Crippen LogP) is 3.29. The van der Waals surface area contributed by atoms with E-state index in [1.165, 1.54) is 37.9 Å². The van der Waals surface area contributed by atoms with E-state index in [0.29, 0.717) is 31.0 Å². The first-order valence-corrected chi connectivity index (χ1v) is 7.15. The fourth-order valence-electron chi connectivity index (χ4n) is 2.41. The fourth-order valence-corrected chi connectivity index (χ4v) is 2.41. The summed E-state index contributed by atoms with van der Waals surface area (Å²) in [4.78, 5) is 4.08. The molecule has 2 rings (SSSR count). The molecule has 0 atom stereocenters. The first-order valence-electron chi connectivity index (χ1n) is 7.15. The Kier molecular flexibility index (Phi) is 5.14. The van der Waals surface area contributed by atoms with Crippen molar-refractivity contribution in [2.75, 3.05) is 6.61 Å². The summed E-state index contributed by atoms with van der Waals surface area (Å²) < 4.78 is 19.1. The van der Waals surface area contributed by atoms with Crippen molar-refractivity contribution >= 4 is 0 Å². The molecule has 3 nitrogen and oxygen atoms in total. The average Bonchev–Trinajstić information content (AvgIpc) is 2.88. The Morgan fingerprint density at radius 3 is 2.84 bits per heavy atom. The number of hydrogen-bond acceptors (Lipinski definition) is 3. The number of ether oxygens (including phenoxy) is 1. The predicted molar refractivity (Wildman–Crippen MR) is 73.6 cm³/mol. The molecule has 1 fully saturated rings. The first-order chi connectivity index (χ1) is 9.15. The first kappa shape index (κ1) is 14.3. The Hall–Kier alpha value is -1.16. The molecule has 1 N–H and O–H groups in total. The number of aromatic nitrogens is 1. The van der Waals surface area contributed by atoms with E-state index in [4.69, 9.17) is 4.74 Å². The van der Waals surface area contributed by atoms with Crippen molar-refractivity contribution in [1.29, 1.82) is 0 Å².